The standard InChI is InChI=1S/C9H10O4/c1-5(10)7-3-6(13-2)4-8(11)9(7)12/h3-4,11-12H,1-2H3. The molecule has 0 unspecified atom stereocenters. The lowest BCUT2D eigenvalue weighted by molar-refractivity contribution is 0.101. The number of aromatic hydroxyl groups is 2. The molecule has 1 rings (SSSR count). The van der Waals surface area contributed by atoms with Gasteiger partial charge >= 0.3 is 0 Å². The van der Waals surface area contributed by atoms with E-state index in [0.717, 1.165) is 0 Å². The zero-order chi connectivity index (χ0) is 10.0. The lowest BCUT2D eigenvalue weighted by atomic mass is 10.1. The van der Waals surface area contributed by atoms with Crippen molar-refractivity contribution in [2.24, 2.45) is 0 Å². The van der Waals surface area contributed by atoms with Gasteiger partial charge in [0.2, 0.25) is 0 Å². The number of methoxy groups -OCH3 is 1. The summed E-state index contributed by atoms with van der Waals surface area (Å²) in [4.78, 5) is 11.0. The fourth-order valence-electron chi connectivity index (χ4n) is 0.980. The Morgan fingerprint density at radius 1 is 1.38 bits per heavy atom. The molecule has 0 saturated carbocycles. The van der Waals surface area contributed by atoms with E-state index in [1.165, 1.54) is 26.2 Å². The molecule has 2 N–H and O–H groups in total. The number of hydrogen-bond donors (Lipinski definition) is 2. The van der Waals surface area contributed by atoms with E-state index in [4.69, 9.17) is 4.74 Å². The number of carbonyl (C=O) groups is 1. The van der Waals surface area contributed by atoms with Gasteiger partial charge in [-0.1, -0.05) is 0 Å². The summed E-state index contributed by atoms with van der Waals surface area (Å²) in [6.45, 7) is 1.30. The third-order valence-corrected chi connectivity index (χ3v) is 1.68. The molecular formula is C9H10O4. The lowest BCUT2D eigenvalue weighted by Gasteiger charge is -2.06. The van der Waals surface area contributed by atoms with E-state index in [0.29, 0.717) is 5.75 Å². The van der Waals surface area contributed by atoms with Crippen molar-refractivity contribution in [3.05, 3.63) is 17.7 Å². The van der Waals surface area contributed by atoms with Crippen LogP contribution in [0.4, 0.5) is 0 Å². The first-order valence-corrected chi connectivity index (χ1v) is 3.67. The van der Waals surface area contributed by atoms with Crippen LogP contribution in [0.2, 0.25) is 0 Å². The van der Waals surface area contributed by atoms with Gasteiger partial charge in [0.25, 0.3) is 0 Å². The first-order chi connectivity index (χ1) is 6.06. The van der Waals surface area contributed by atoms with Crippen molar-refractivity contribution in [2.75, 3.05) is 7.11 Å². The van der Waals surface area contributed by atoms with Crippen LogP contribution in [0.15, 0.2) is 12.1 Å². The first-order valence-electron chi connectivity index (χ1n) is 3.67. The minimum atomic E-state index is -0.409. The quantitative estimate of drug-likeness (QED) is 0.534. The molecule has 0 bridgehead atoms. The van der Waals surface area contributed by atoms with Gasteiger partial charge < -0.3 is 14.9 Å². The summed E-state index contributed by atoms with van der Waals surface area (Å²) in [6, 6.07) is 2.61. The van der Waals surface area contributed by atoms with Gasteiger partial charge in [-0.2, -0.15) is 0 Å². The summed E-state index contributed by atoms with van der Waals surface area (Å²) in [7, 11) is 1.41. The van der Waals surface area contributed by atoms with Crippen LogP contribution in [0.5, 0.6) is 17.2 Å². The van der Waals surface area contributed by atoms with E-state index in [2.05, 4.69) is 0 Å². The Hall–Kier alpha value is -1.71. The highest BCUT2D eigenvalue weighted by atomic mass is 16.5. The molecule has 70 valence electrons. The van der Waals surface area contributed by atoms with Gasteiger partial charge in [-0.05, 0) is 13.0 Å². The van der Waals surface area contributed by atoms with Crippen LogP contribution in [-0.2, 0) is 0 Å². The second-order valence-corrected chi connectivity index (χ2v) is 2.60. The monoisotopic (exact) mass is 182 g/mol. The van der Waals surface area contributed by atoms with Crippen LogP contribution < -0.4 is 4.74 Å². The summed E-state index contributed by atoms with van der Waals surface area (Å²) in [6.07, 6.45) is 0. The number of ketones is 1. The van der Waals surface area contributed by atoms with E-state index in [-0.39, 0.29) is 17.1 Å². The highest BCUT2D eigenvalue weighted by Gasteiger charge is 2.12. The van der Waals surface area contributed by atoms with Crippen molar-refractivity contribution in [3.63, 3.8) is 0 Å². The van der Waals surface area contributed by atoms with Crippen molar-refractivity contribution in [1.82, 2.24) is 0 Å². The summed E-state index contributed by atoms with van der Waals surface area (Å²) < 4.78 is 4.82. The number of benzene rings is 1. The maximum absolute atomic E-state index is 11.0. The van der Waals surface area contributed by atoms with Crippen LogP contribution >= 0.6 is 0 Å². The zero-order valence-corrected chi connectivity index (χ0v) is 7.37. The molecule has 13 heavy (non-hydrogen) atoms. The second kappa shape index (κ2) is 3.35. The molecule has 0 amide bonds. The molecule has 1 aromatic carbocycles. The fourth-order valence-corrected chi connectivity index (χ4v) is 0.980. The molecule has 0 saturated heterocycles. The molecule has 4 nitrogen and oxygen atoms in total. The van der Waals surface area contributed by atoms with E-state index < -0.39 is 5.75 Å². The van der Waals surface area contributed by atoms with Gasteiger partial charge in [-0.25, -0.2) is 0 Å². The number of ether oxygens (including phenoxy) is 1. The summed E-state index contributed by atoms with van der Waals surface area (Å²) >= 11 is 0. The maximum Gasteiger partial charge on any atom is 0.168 e. The van der Waals surface area contributed by atoms with Crippen molar-refractivity contribution < 1.29 is 19.7 Å². The summed E-state index contributed by atoms with van der Waals surface area (Å²) in [5, 5.41) is 18.4. The zero-order valence-electron chi connectivity index (χ0n) is 7.37. The van der Waals surface area contributed by atoms with Crippen molar-refractivity contribution >= 4 is 5.78 Å². The highest BCUT2D eigenvalue weighted by Crippen LogP contribution is 2.33. The topological polar surface area (TPSA) is 66.8 Å². The first kappa shape index (κ1) is 9.38. The molecule has 0 spiro atoms. The Kier molecular flexibility index (Phi) is 2.41. The van der Waals surface area contributed by atoms with Gasteiger partial charge in [0, 0.05) is 6.07 Å². The second-order valence-electron chi connectivity index (χ2n) is 2.60. The minimum absolute atomic E-state index is 0.0526. The van der Waals surface area contributed by atoms with Gasteiger partial charge in [-0.15, -0.1) is 0 Å². The number of carbonyl (C=O) groups excluding carboxylic acids is 1. The summed E-state index contributed by atoms with van der Waals surface area (Å²) in [5.74, 6) is -0.759. The van der Waals surface area contributed by atoms with Crippen molar-refractivity contribution in [1.29, 1.82) is 0 Å². The molecule has 0 aliphatic carbocycles. The lowest BCUT2D eigenvalue weighted by Crippen LogP contribution is -1.94. The molecular weight excluding hydrogens is 172 g/mol. The molecule has 1 aromatic rings. The van der Waals surface area contributed by atoms with Crippen LogP contribution in [0.1, 0.15) is 17.3 Å². The van der Waals surface area contributed by atoms with E-state index in [1.54, 1.807) is 0 Å². The number of rotatable bonds is 2. The Morgan fingerprint density at radius 3 is 2.46 bits per heavy atom. The molecule has 0 aliphatic rings. The van der Waals surface area contributed by atoms with E-state index in [9.17, 15) is 15.0 Å². The van der Waals surface area contributed by atoms with Gasteiger partial charge in [0.05, 0.1) is 12.7 Å². The number of hydrogen-bond acceptors (Lipinski definition) is 4. The molecule has 4 heteroatoms. The summed E-state index contributed by atoms with van der Waals surface area (Å²) in [5.41, 5.74) is 0.0526. The molecule has 0 heterocycles. The third-order valence-electron chi connectivity index (χ3n) is 1.68. The SMILES string of the molecule is COc1cc(O)c(O)c(C(C)=O)c1. The average Bonchev–Trinajstić information content (AvgIpc) is 2.09. The Labute approximate surface area is 75.4 Å². The predicted octanol–water partition coefficient (Wildman–Crippen LogP) is 1.31. The fraction of sp³-hybridized carbons (Fsp3) is 0.222. The Bertz CT molecular complexity index is 344. The maximum atomic E-state index is 11.0. The molecule has 0 aliphatic heterocycles. The van der Waals surface area contributed by atoms with E-state index in [1.807, 2.05) is 0 Å². The smallest absolute Gasteiger partial charge is 0.168 e. The normalized spacial score (nSPS) is 9.69. The number of phenols is 2. The number of Topliss-reactive ketones (excluding diaryl/α,β-unsaturated/α-hetero) is 1. The number of phenolic OH excluding ortho intramolecular Hbond substituents is 2. The average molecular weight is 182 g/mol. The van der Waals surface area contributed by atoms with Crippen molar-refractivity contribution in [2.45, 2.75) is 6.92 Å². The third kappa shape index (κ3) is 1.72. The molecule has 0 radical (unpaired) electrons. The van der Waals surface area contributed by atoms with Crippen LogP contribution in [-0.4, -0.2) is 23.1 Å². The van der Waals surface area contributed by atoms with E-state index >= 15 is 0 Å². The van der Waals surface area contributed by atoms with Gasteiger partial charge in [-0.3, -0.25) is 4.79 Å². The molecule has 0 aromatic heterocycles. The molecule has 0 atom stereocenters. The van der Waals surface area contributed by atoms with Gasteiger partial charge in [0.1, 0.15) is 5.75 Å². The predicted molar refractivity (Wildman–Crippen MR) is 46.3 cm³/mol. The van der Waals surface area contributed by atoms with Crippen LogP contribution in [0.25, 0.3) is 0 Å². The van der Waals surface area contributed by atoms with Gasteiger partial charge in [0.15, 0.2) is 17.3 Å². The van der Waals surface area contributed by atoms with Crippen LogP contribution in [0, 0.1) is 0 Å². The Balaban J connectivity index is 3.33. The highest BCUT2D eigenvalue weighted by molar-refractivity contribution is 5.98. The minimum Gasteiger partial charge on any atom is -0.504 e. The van der Waals surface area contributed by atoms with Crippen LogP contribution in [0.3, 0.4) is 0 Å². The largest absolute Gasteiger partial charge is 0.504 e. The van der Waals surface area contributed by atoms with Crippen molar-refractivity contribution in [3.8, 4) is 17.2 Å². The molecule has 0 fully saturated rings. The Morgan fingerprint density at radius 2 is 2.00 bits per heavy atom.